The van der Waals surface area contributed by atoms with Crippen molar-refractivity contribution < 1.29 is 14.0 Å². The molecule has 0 aromatic carbocycles. The number of ketones is 2. The number of hydrogen-bond acceptors (Lipinski definition) is 3. The van der Waals surface area contributed by atoms with Crippen LogP contribution in [0.2, 0.25) is 18.1 Å². The van der Waals surface area contributed by atoms with Gasteiger partial charge in [0.25, 0.3) is 0 Å². The fourth-order valence-electron chi connectivity index (χ4n) is 7.31. The molecular weight excluding hydrogens is 388 g/mol. The predicted octanol–water partition coefficient (Wildman–Crippen LogP) is 6.34. The third kappa shape index (κ3) is 3.23. The van der Waals surface area contributed by atoms with Crippen LogP contribution < -0.4 is 0 Å². The zero-order valence-electron chi connectivity index (χ0n) is 20.3. The van der Waals surface area contributed by atoms with Gasteiger partial charge in [-0.2, -0.15) is 0 Å². The third-order valence-electron chi connectivity index (χ3n) is 10.2. The van der Waals surface area contributed by atoms with Crippen molar-refractivity contribution in [3.8, 4) is 0 Å². The van der Waals surface area contributed by atoms with Gasteiger partial charge in [-0.05, 0) is 80.0 Å². The van der Waals surface area contributed by atoms with Crippen LogP contribution in [0.15, 0.2) is 11.6 Å². The Labute approximate surface area is 184 Å². The van der Waals surface area contributed by atoms with Crippen LogP contribution in [0.5, 0.6) is 0 Å². The molecule has 0 saturated heterocycles. The SMILES string of the molecule is CC1C[C@@H]2[C@@H](CC[C@]3(C)C(=O)CC[C@@H]23)[C@@]2(CO[Si](C)(C)C(C)(C)C)CCC(=O)C=C12. The summed E-state index contributed by atoms with van der Waals surface area (Å²) in [6.07, 6.45) is 8.72. The Kier molecular flexibility index (Phi) is 5.34. The van der Waals surface area contributed by atoms with Crippen molar-refractivity contribution in [3.05, 3.63) is 11.6 Å². The fraction of sp³-hybridized carbons (Fsp3) is 0.846. The zero-order chi connectivity index (χ0) is 22.1. The lowest BCUT2D eigenvalue weighted by atomic mass is 9.45. The van der Waals surface area contributed by atoms with Gasteiger partial charge in [0, 0.05) is 30.3 Å². The molecule has 0 aromatic rings. The first-order valence-electron chi connectivity index (χ1n) is 12.2. The van der Waals surface area contributed by atoms with Gasteiger partial charge in [-0.1, -0.05) is 40.2 Å². The molecule has 0 aliphatic heterocycles. The summed E-state index contributed by atoms with van der Waals surface area (Å²) in [5.41, 5.74) is 1.28. The molecule has 4 aliphatic carbocycles. The molecule has 3 nitrogen and oxygen atoms in total. The minimum absolute atomic E-state index is 0.00126. The van der Waals surface area contributed by atoms with E-state index in [4.69, 9.17) is 4.43 Å². The summed E-state index contributed by atoms with van der Waals surface area (Å²) in [5, 5.41) is 0.181. The maximum atomic E-state index is 12.8. The van der Waals surface area contributed by atoms with Crippen LogP contribution in [0.25, 0.3) is 0 Å². The van der Waals surface area contributed by atoms with E-state index in [1.807, 2.05) is 6.08 Å². The predicted molar refractivity (Wildman–Crippen MR) is 124 cm³/mol. The van der Waals surface area contributed by atoms with E-state index in [1.54, 1.807) is 0 Å². The molecule has 4 aliphatic rings. The summed E-state index contributed by atoms with van der Waals surface area (Å²) in [6.45, 7) is 17.0. The van der Waals surface area contributed by atoms with Crippen molar-refractivity contribution in [1.82, 2.24) is 0 Å². The standard InChI is InChI=1S/C26H42O3Si/c1-17-14-19-20-8-9-23(28)25(20,5)12-11-21(19)26(13-10-18(27)15-22(17)26)16-29-30(6,7)24(2,3)4/h15,17,19-21H,8-14,16H2,1-7H3/t17?,19-,20-,21+,25-,26-/m0/s1. The zero-order valence-corrected chi connectivity index (χ0v) is 21.3. The summed E-state index contributed by atoms with van der Waals surface area (Å²) in [4.78, 5) is 25.2. The largest absolute Gasteiger partial charge is 0.416 e. The highest BCUT2D eigenvalue weighted by Crippen LogP contribution is 2.65. The van der Waals surface area contributed by atoms with Crippen LogP contribution >= 0.6 is 0 Å². The first kappa shape index (κ1) is 22.5. The highest BCUT2D eigenvalue weighted by atomic mass is 28.4. The molecule has 0 heterocycles. The molecule has 0 radical (unpaired) electrons. The van der Waals surface area contributed by atoms with Gasteiger partial charge in [0.05, 0.1) is 0 Å². The molecule has 3 saturated carbocycles. The molecule has 0 amide bonds. The van der Waals surface area contributed by atoms with Gasteiger partial charge in [0.2, 0.25) is 0 Å². The molecule has 30 heavy (non-hydrogen) atoms. The lowest BCUT2D eigenvalue weighted by Gasteiger charge is -2.60. The monoisotopic (exact) mass is 430 g/mol. The van der Waals surface area contributed by atoms with E-state index in [2.05, 4.69) is 47.7 Å². The highest BCUT2D eigenvalue weighted by molar-refractivity contribution is 6.74. The first-order chi connectivity index (χ1) is 13.8. The summed E-state index contributed by atoms with van der Waals surface area (Å²) >= 11 is 0. The average molecular weight is 431 g/mol. The Morgan fingerprint density at radius 3 is 2.47 bits per heavy atom. The normalized spacial score (nSPS) is 41.8. The molecule has 4 heteroatoms. The maximum Gasteiger partial charge on any atom is 0.192 e. The second-order valence-corrected chi connectivity index (χ2v) is 17.5. The van der Waals surface area contributed by atoms with Gasteiger partial charge in [-0.15, -0.1) is 0 Å². The smallest absolute Gasteiger partial charge is 0.192 e. The van der Waals surface area contributed by atoms with E-state index in [9.17, 15) is 9.59 Å². The molecule has 0 aromatic heterocycles. The van der Waals surface area contributed by atoms with Crippen molar-refractivity contribution >= 4 is 19.9 Å². The Hall–Kier alpha value is -0.743. The molecule has 6 atom stereocenters. The fourth-order valence-corrected chi connectivity index (χ4v) is 8.36. The number of carbonyl (C=O) groups excluding carboxylic acids is 2. The molecule has 1 unspecified atom stereocenters. The Bertz CT molecular complexity index is 776. The second kappa shape index (κ2) is 7.13. The van der Waals surface area contributed by atoms with Crippen molar-refractivity contribution in [3.63, 3.8) is 0 Å². The second-order valence-electron chi connectivity index (χ2n) is 12.7. The van der Waals surface area contributed by atoms with Gasteiger partial charge in [0.15, 0.2) is 14.1 Å². The minimum atomic E-state index is -1.88. The molecule has 168 valence electrons. The average Bonchev–Trinajstić information content (AvgIpc) is 2.95. The van der Waals surface area contributed by atoms with Gasteiger partial charge >= 0.3 is 0 Å². The molecule has 3 fully saturated rings. The van der Waals surface area contributed by atoms with E-state index in [0.717, 1.165) is 45.1 Å². The van der Waals surface area contributed by atoms with Crippen LogP contribution in [-0.2, 0) is 14.0 Å². The summed E-state index contributed by atoms with van der Waals surface area (Å²) in [6, 6.07) is 0. The highest BCUT2D eigenvalue weighted by Gasteiger charge is 2.61. The molecule has 0 bridgehead atoms. The number of rotatable bonds is 3. The number of Topliss-reactive ketones (excluding diaryl/α,β-unsaturated/α-hetero) is 1. The topological polar surface area (TPSA) is 43.4 Å². The summed E-state index contributed by atoms with van der Waals surface area (Å²) in [7, 11) is -1.88. The summed E-state index contributed by atoms with van der Waals surface area (Å²) in [5.74, 6) is 2.90. The van der Waals surface area contributed by atoms with Gasteiger partial charge in [-0.3, -0.25) is 9.59 Å². The van der Waals surface area contributed by atoms with Crippen molar-refractivity contribution in [2.75, 3.05) is 6.61 Å². The van der Waals surface area contributed by atoms with E-state index >= 15 is 0 Å². The Morgan fingerprint density at radius 1 is 1.10 bits per heavy atom. The van der Waals surface area contributed by atoms with Crippen molar-refractivity contribution in [2.45, 2.75) is 97.7 Å². The van der Waals surface area contributed by atoms with Crippen LogP contribution in [0.4, 0.5) is 0 Å². The quantitative estimate of drug-likeness (QED) is 0.491. The maximum absolute atomic E-state index is 12.8. The number of hydrogen-bond donors (Lipinski definition) is 0. The molecule has 0 N–H and O–H groups in total. The lowest BCUT2D eigenvalue weighted by molar-refractivity contribution is -0.134. The minimum Gasteiger partial charge on any atom is -0.416 e. The molecular formula is C26H42O3Si. The van der Waals surface area contributed by atoms with Crippen LogP contribution in [0.3, 0.4) is 0 Å². The van der Waals surface area contributed by atoms with Crippen LogP contribution in [0, 0.1) is 34.5 Å². The third-order valence-corrected chi connectivity index (χ3v) is 14.7. The van der Waals surface area contributed by atoms with E-state index in [0.29, 0.717) is 41.7 Å². The van der Waals surface area contributed by atoms with Crippen molar-refractivity contribution in [1.29, 1.82) is 0 Å². The Balaban J connectivity index is 1.72. The van der Waals surface area contributed by atoms with Gasteiger partial charge in [-0.25, -0.2) is 0 Å². The Morgan fingerprint density at radius 2 is 1.80 bits per heavy atom. The van der Waals surface area contributed by atoms with E-state index < -0.39 is 8.32 Å². The molecule has 4 rings (SSSR count). The first-order valence-corrected chi connectivity index (χ1v) is 15.1. The van der Waals surface area contributed by atoms with Gasteiger partial charge in [0.1, 0.15) is 5.78 Å². The van der Waals surface area contributed by atoms with Crippen LogP contribution in [-0.4, -0.2) is 26.5 Å². The van der Waals surface area contributed by atoms with E-state index in [1.165, 1.54) is 5.57 Å². The number of carbonyl (C=O) groups is 2. The lowest BCUT2D eigenvalue weighted by Crippen LogP contribution is -2.56. The number of fused-ring (bicyclic) bond motifs is 5. The van der Waals surface area contributed by atoms with Gasteiger partial charge < -0.3 is 4.43 Å². The summed E-state index contributed by atoms with van der Waals surface area (Å²) < 4.78 is 6.90. The molecule has 0 spiro atoms. The van der Waals surface area contributed by atoms with E-state index in [-0.39, 0.29) is 15.9 Å². The van der Waals surface area contributed by atoms with Crippen LogP contribution in [0.1, 0.15) is 79.6 Å². The van der Waals surface area contributed by atoms with Crippen molar-refractivity contribution in [2.24, 2.45) is 34.5 Å².